The largest absolute Gasteiger partial charge is 0.438 e. The van der Waals surface area contributed by atoms with Crippen molar-refractivity contribution in [2.45, 2.75) is 31.1 Å². The predicted octanol–water partition coefficient (Wildman–Crippen LogP) is 4.43. The van der Waals surface area contributed by atoms with Gasteiger partial charge in [-0.1, -0.05) is 53.5 Å². The van der Waals surface area contributed by atoms with Crippen LogP contribution < -0.4 is 5.32 Å². The zero-order valence-corrected chi connectivity index (χ0v) is 16.8. The average molecular weight is 456 g/mol. The van der Waals surface area contributed by atoms with Crippen molar-refractivity contribution in [2.24, 2.45) is 0 Å². The summed E-state index contributed by atoms with van der Waals surface area (Å²) in [6.45, 7) is 0. The first kappa shape index (κ1) is 20.7. The molecule has 0 fully saturated rings. The smallest absolute Gasteiger partial charge is 0.319 e. The molecule has 3 aromatic rings. The monoisotopic (exact) mass is 455 g/mol. The summed E-state index contributed by atoms with van der Waals surface area (Å²) in [7, 11) is 0. The molecule has 30 heavy (non-hydrogen) atoms. The van der Waals surface area contributed by atoms with E-state index in [0.29, 0.717) is 4.57 Å². The van der Waals surface area contributed by atoms with Crippen LogP contribution in [0.4, 0.5) is 13.2 Å². The molecule has 2 heterocycles. The zero-order valence-electron chi connectivity index (χ0n) is 15.3. The van der Waals surface area contributed by atoms with Crippen molar-refractivity contribution in [3.05, 3.63) is 63.9 Å². The Hall–Kier alpha value is -2.58. The summed E-state index contributed by atoms with van der Waals surface area (Å²) in [5.41, 5.74) is -2.34. The van der Waals surface area contributed by atoms with Crippen molar-refractivity contribution in [3.63, 3.8) is 0 Å². The molecule has 0 spiro atoms. The van der Waals surface area contributed by atoms with Crippen LogP contribution in [0.25, 0.3) is 11.0 Å². The van der Waals surface area contributed by atoms with E-state index in [2.05, 4.69) is 4.98 Å². The van der Waals surface area contributed by atoms with Gasteiger partial charge in [0.15, 0.2) is 5.78 Å². The lowest BCUT2D eigenvalue weighted by Gasteiger charge is -2.33. The molecule has 1 aromatic heterocycles. The second-order valence-corrected chi connectivity index (χ2v) is 7.77. The molecule has 0 radical (unpaired) electrons. The quantitative estimate of drug-likeness (QED) is 0.632. The van der Waals surface area contributed by atoms with E-state index in [9.17, 15) is 22.8 Å². The van der Waals surface area contributed by atoms with E-state index in [4.69, 9.17) is 23.2 Å². The number of alkyl halides is 3. The minimum absolute atomic E-state index is 0.0118. The Bertz CT molecular complexity index is 1160. The van der Waals surface area contributed by atoms with E-state index in [1.165, 1.54) is 12.1 Å². The van der Waals surface area contributed by atoms with Crippen LogP contribution in [0.5, 0.6) is 0 Å². The van der Waals surface area contributed by atoms with Crippen molar-refractivity contribution in [1.29, 1.82) is 0 Å². The minimum atomic E-state index is -5.10. The summed E-state index contributed by atoms with van der Waals surface area (Å²) in [4.78, 5) is 29.2. The summed E-state index contributed by atoms with van der Waals surface area (Å²) >= 11 is 11.9. The minimum Gasteiger partial charge on any atom is -0.319 e. The SMILES string of the molecule is O=C(CCc1ccccc1)NC1(C(F)(F)F)C(=O)Cc2nc3cc(Cl)c(Cl)cc3n21. The predicted molar refractivity (Wildman–Crippen MR) is 105 cm³/mol. The molecule has 1 unspecified atom stereocenters. The van der Waals surface area contributed by atoms with Crippen molar-refractivity contribution < 1.29 is 22.8 Å². The molecule has 1 N–H and O–H groups in total. The normalized spacial score (nSPS) is 18.6. The molecule has 0 aliphatic carbocycles. The van der Waals surface area contributed by atoms with Gasteiger partial charge in [0.1, 0.15) is 5.82 Å². The van der Waals surface area contributed by atoms with E-state index >= 15 is 0 Å². The lowest BCUT2D eigenvalue weighted by atomic mass is 10.0. The molecule has 1 atom stereocenters. The number of Topliss-reactive ketones (excluding diaryl/α,β-unsaturated/α-hetero) is 1. The molecular formula is C20H14Cl2F3N3O2. The van der Waals surface area contributed by atoms with Gasteiger partial charge in [0.25, 0.3) is 5.66 Å². The Labute approximate surface area is 178 Å². The van der Waals surface area contributed by atoms with Crippen LogP contribution >= 0.6 is 23.2 Å². The van der Waals surface area contributed by atoms with Gasteiger partial charge in [0.2, 0.25) is 5.91 Å². The Balaban J connectivity index is 1.75. The van der Waals surface area contributed by atoms with Crippen LogP contribution in [-0.2, 0) is 28.1 Å². The maximum atomic E-state index is 14.3. The lowest BCUT2D eigenvalue weighted by molar-refractivity contribution is -0.218. The maximum absolute atomic E-state index is 14.3. The fourth-order valence-corrected chi connectivity index (χ4v) is 3.98. The number of hydrogen-bond acceptors (Lipinski definition) is 3. The van der Waals surface area contributed by atoms with Gasteiger partial charge in [0.05, 0.1) is 27.5 Å². The highest BCUT2D eigenvalue weighted by atomic mass is 35.5. The van der Waals surface area contributed by atoms with Crippen molar-refractivity contribution >= 4 is 45.9 Å². The molecular weight excluding hydrogens is 442 g/mol. The van der Waals surface area contributed by atoms with Crippen molar-refractivity contribution in [3.8, 4) is 0 Å². The Morgan fingerprint density at radius 1 is 1.17 bits per heavy atom. The number of fused-ring (bicyclic) bond motifs is 3. The molecule has 1 aliphatic heterocycles. The number of rotatable bonds is 4. The summed E-state index contributed by atoms with van der Waals surface area (Å²) in [6.07, 6.45) is -5.67. The van der Waals surface area contributed by atoms with E-state index in [0.717, 1.165) is 5.56 Å². The molecule has 10 heteroatoms. The lowest BCUT2D eigenvalue weighted by Crippen LogP contribution is -2.62. The van der Waals surface area contributed by atoms with Gasteiger partial charge in [-0.2, -0.15) is 13.2 Å². The van der Waals surface area contributed by atoms with Crippen LogP contribution in [0.1, 0.15) is 17.8 Å². The van der Waals surface area contributed by atoms with E-state index < -0.39 is 30.0 Å². The van der Waals surface area contributed by atoms with Crippen LogP contribution in [-0.4, -0.2) is 27.4 Å². The molecule has 1 aliphatic rings. The number of carbonyl (C=O) groups is 2. The van der Waals surface area contributed by atoms with Crippen LogP contribution in [0.2, 0.25) is 10.0 Å². The number of hydrogen-bond donors (Lipinski definition) is 1. The van der Waals surface area contributed by atoms with Crippen molar-refractivity contribution in [2.75, 3.05) is 0 Å². The Morgan fingerprint density at radius 2 is 1.83 bits per heavy atom. The van der Waals surface area contributed by atoms with E-state index in [1.54, 1.807) is 30.3 Å². The Morgan fingerprint density at radius 3 is 2.50 bits per heavy atom. The highest BCUT2D eigenvalue weighted by Crippen LogP contribution is 2.44. The summed E-state index contributed by atoms with van der Waals surface area (Å²) in [6, 6.07) is 11.4. The maximum Gasteiger partial charge on any atom is 0.438 e. The van der Waals surface area contributed by atoms with Crippen LogP contribution in [0, 0.1) is 0 Å². The fraction of sp³-hybridized carbons (Fsp3) is 0.250. The second-order valence-electron chi connectivity index (χ2n) is 6.96. The third kappa shape index (κ3) is 3.24. The number of nitrogens with zero attached hydrogens (tertiary/aromatic N) is 2. The molecule has 1 amide bonds. The second kappa shape index (κ2) is 7.28. The Kier molecular flexibility index (Phi) is 5.02. The first-order valence-electron chi connectivity index (χ1n) is 8.95. The molecule has 5 nitrogen and oxygen atoms in total. The zero-order chi connectivity index (χ0) is 21.7. The molecule has 0 saturated heterocycles. The number of benzene rings is 2. The molecule has 156 valence electrons. The third-order valence-corrected chi connectivity index (χ3v) is 5.76. The van der Waals surface area contributed by atoms with Crippen LogP contribution in [0.3, 0.4) is 0 Å². The number of amides is 1. The van der Waals surface area contributed by atoms with Gasteiger partial charge in [-0.25, -0.2) is 4.98 Å². The topological polar surface area (TPSA) is 64.0 Å². The molecule has 4 rings (SSSR count). The van der Waals surface area contributed by atoms with Crippen LogP contribution in [0.15, 0.2) is 42.5 Å². The van der Waals surface area contributed by atoms with Gasteiger partial charge in [-0.15, -0.1) is 0 Å². The standard InChI is InChI=1S/C20H14Cl2F3N3O2/c21-12-8-14-15(9-13(12)22)28-17(26-14)10-16(29)19(28,20(23,24)25)27-18(30)7-6-11-4-2-1-3-5-11/h1-5,8-9H,6-7,10H2,(H,27,30). The highest BCUT2D eigenvalue weighted by molar-refractivity contribution is 6.42. The first-order valence-corrected chi connectivity index (χ1v) is 9.71. The first-order chi connectivity index (χ1) is 14.1. The fourth-order valence-electron chi connectivity index (χ4n) is 3.66. The van der Waals surface area contributed by atoms with Gasteiger partial charge in [-0.3, -0.25) is 14.2 Å². The number of imidazole rings is 1. The number of aryl methyl sites for hydroxylation is 1. The van der Waals surface area contributed by atoms with Crippen molar-refractivity contribution in [1.82, 2.24) is 14.9 Å². The number of halogens is 5. The summed E-state index contributed by atoms with van der Waals surface area (Å²) in [5, 5.41) is 2.09. The van der Waals surface area contributed by atoms with Gasteiger partial charge < -0.3 is 5.32 Å². The summed E-state index contributed by atoms with van der Waals surface area (Å²) < 4.78 is 43.6. The molecule has 2 aromatic carbocycles. The highest BCUT2D eigenvalue weighted by Gasteiger charge is 2.66. The third-order valence-electron chi connectivity index (χ3n) is 5.04. The van der Waals surface area contributed by atoms with Gasteiger partial charge in [0, 0.05) is 6.42 Å². The number of aromatic nitrogens is 2. The molecule has 0 saturated carbocycles. The van der Waals surface area contributed by atoms with Gasteiger partial charge >= 0.3 is 6.18 Å². The number of ketones is 1. The number of carbonyl (C=O) groups excluding carboxylic acids is 2. The summed E-state index contributed by atoms with van der Waals surface area (Å²) in [5.74, 6) is -2.23. The van der Waals surface area contributed by atoms with E-state index in [-0.39, 0.29) is 39.7 Å². The van der Waals surface area contributed by atoms with Gasteiger partial charge in [-0.05, 0) is 24.1 Å². The molecule has 0 bridgehead atoms. The number of nitrogens with one attached hydrogen (secondary N) is 1. The van der Waals surface area contributed by atoms with E-state index in [1.807, 2.05) is 5.32 Å². The average Bonchev–Trinajstić information content (AvgIpc) is 3.15.